The number of nitrogens with zero attached hydrogens (tertiary/aromatic N) is 3. The van der Waals surface area contributed by atoms with Crippen LogP contribution < -0.4 is 10.1 Å². The molecule has 28 heavy (non-hydrogen) atoms. The van der Waals surface area contributed by atoms with Crippen LogP contribution in [0.25, 0.3) is 0 Å². The minimum atomic E-state index is -0.493. The predicted molar refractivity (Wildman–Crippen MR) is 105 cm³/mol. The van der Waals surface area contributed by atoms with Crippen LogP contribution in [0.1, 0.15) is 19.8 Å². The van der Waals surface area contributed by atoms with E-state index < -0.39 is 4.92 Å². The third-order valence-corrected chi connectivity index (χ3v) is 5.58. The van der Waals surface area contributed by atoms with E-state index in [0.29, 0.717) is 17.5 Å². The number of hydrogen-bond donors (Lipinski definition) is 1. The number of anilines is 1. The van der Waals surface area contributed by atoms with Gasteiger partial charge >= 0.3 is 0 Å². The Morgan fingerprint density at radius 3 is 2.71 bits per heavy atom. The van der Waals surface area contributed by atoms with E-state index in [1.54, 1.807) is 0 Å². The van der Waals surface area contributed by atoms with Crippen LogP contribution >= 0.6 is 0 Å². The van der Waals surface area contributed by atoms with E-state index in [2.05, 4.69) is 15.1 Å². The van der Waals surface area contributed by atoms with Gasteiger partial charge in [0.25, 0.3) is 5.69 Å². The van der Waals surface area contributed by atoms with Crippen molar-refractivity contribution in [2.45, 2.75) is 31.8 Å². The highest BCUT2D eigenvalue weighted by molar-refractivity contribution is 5.96. The molecule has 9 nitrogen and oxygen atoms in total. The number of benzene rings is 1. The molecule has 2 aliphatic heterocycles. The Hall–Kier alpha value is -2.23. The molecule has 2 aliphatic rings. The first-order chi connectivity index (χ1) is 13.5. The van der Waals surface area contributed by atoms with Crippen LogP contribution in [0.3, 0.4) is 0 Å². The number of carbonyl (C=O) groups excluding carboxylic acids is 1. The second kappa shape index (κ2) is 9.31. The van der Waals surface area contributed by atoms with Crippen molar-refractivity contribution in [3.8, 4) is 5.75 Å². The molecule has 1 aromatic rings. The summed E-state index contributed by atoms with van der Waals surface area (Å²) in [7, 11) is 1.47. The van der Waals surface area contributed by atoms with E-state index in [1.165, 1.54) is 31.7 Å². The number of piperazine rings is 1. The van der Waals surface area contributed by atoms with E-state index in [-0.39, 0.29) is 17.6 Å². The summed E-state index contributed by atoms with van der Waals surface area (Å²) in [5.74, 6) is 0.196. The van der Waals surface area contributed by atoms with Crippen LogP contribution in [0, 0.1) is 10.1 Å². The van der Waals surface area contributed by atoms with Gasteiger partial charge in [0.1, 0.15) is 5.75 Å². The molecular formula is C19H28N4O5. The molecule has 1 N–H and O–H groups in total. The fraction of sp³-hybridized carbons (Fsp3) is 0.632. The molecule has 9 heteroatoms. The number of carbonyl (C=O) groups is 1. The van der Waals surface area contributed by atoms with E-state index in [4.69, 9.17) is 9.47 Å². The highest BCUT2D eigenvalue weighted by Crippen LogP contribution is 2.29. The predicted octanol–water partition coefficient (Wildman–Crippen LogP) is 1.73. The number of ether oxygens (including phenoxy) is 2. The molecular weight excluding hydrogens is 364 g/mol. The first-order valence-electron chi connectivity index (χ1n) is 9.68. The highest BCUT2D eigenvalue weighted by atomic mass is 16.6. The van der Waals surface area contributed by atoms with E-state index in [0.717, 1.165) is 45.8 Å². The zero-order valence-corrected chi connectivity index (χ0v) is 16.4. The monoisotopic (exact) mass is 392 g/mol. The SMILES string of the molecule is COc1ccc([N+](=O)[O-])cc1NC(=O)C(C)N1CCN(C2CCCOC2)CC1. The van der Waals surface area contributed by atoms with Gasteiger partial charge < -0.3 is 14.8 Å². The summed E-state index contributed by atoms with van der Waals surface area (Å²) in [6.07, 6.45) is 2.28. The zero-order chi connectivity index (χ0) is 20.1. The number of nitro benzene ring substituents is 1. The fourth-order valence-corrected chi connectivity index (χ4v) is 3.81. The number of nitrogens with one attached hydrogen (secondary N) is 1. The molecule has 3 rings (SSSR count). The lowest BCUT2D eigenvalue weighted by molar-refractivity contribution is -0.384. The third kappa shape index (κ3) is 4.78. The van der Waals surface area contributed by atoms with Crippen molar-refractivity contribution in [3.05, 3.63) is 28.3 Å². The van der Waals surface area contributed by atoms with Gasteiger partial charge in [-0.1, -0.05) is 0 Å². The number of rotatable bonds is 6. The molecule has 2 saturated heterocycles. The summed E-state index contributed by atoms with van der Waals surface area (Å²) in [5.41, 5.74) is 0.221. The maximum absolute atomic E-state index is 12.7. The van der Waals surface area contributed by atoms with E-state index >= 15 is 0 Å². The number of methoxy groups -OCH3 is 1. The fourth-order valence-electron chi connectivity index (χ4n) is 3.81. The van der Waals surface area contributed by atoms with Gasteiger partial charge in [0.2, 0.25) is 5.91 Å². The molecule has 0 radical (unpaired) electrons. The van der Waals surface area contributed by atoms with Crippen molar-refractivity contribution >= 4 is 17.3 Å². The molecule has 154 valence electrons. The normalized spacial score (nSPS) is 22.4. The maximum atomic E-state index is 12.7. The smallest absolute Gasteiger partial charge is 0.271 e. The summed E-state index contributed by atoms with van der Waals surface area (Å²) in [6, 6.07) is 4.31. The molecule has 0 aromatic heterocycles. The van der Waals surface area contributed by atoms with Crippen LogP contribution in [0.4, 0.5) is 11.4 Å². The van der Waals surface area contributed by atoms with Crippen LogP contribution in [0.5, 0.6) is 5.75 Å². The standard InChI is InChI=1S/C19H28N4O5/c1-14(21-7-9-22(10-8-21)16-4-3-11-28-13-16)19(24)20-17-12-15(23(25)26)5-6-18(17)27-2/h5-6,12,14,16H,3-4,7-11,13H2,1-2H3,(H,20,24). The van der Waals surface area contributed by atoms with Crippen LogP contribution in [-0.4, -0.2) is 79.2 Å². The largest absolute Gasteiger partial charge is 0.495 e. The van der Waals surface area contributed by atoms with E-state index in [9.17, 15) is 14.9 Å². The summed E-state index contributed by atoms with van der Waals surface area (Å²) < 4.78 is 10.8. The quantitative estimate of drug-likeness (QED) is 0.582. The number of nitro groups is 1. The number of non-ortho nitro benzene ring substituents is 1. The Morgan fingerprint density at radius 2 is 2.11 bits per heavy atom. The Balaban J connectivity index is 1.58. The first-order valence-corrected chi connectivity index (χ1v) is 9.68. The Morgan fingerprint density at radius 1 is 1.36 bits per heavy atom. The van der Waals surface area contributed by atoms with Gasteiger partial charge in [-0.25, -0.2) is 0 Å². The molecule has 1 aromatic carbocycles. The zero-order valence-electron chi connectivity index (χ0n) is 16.4. The highest BCUT2D eigenvalue weighted by Gasteiger charge is 2.30. The van der Waals surface area contributed by atoms with Crippen molar-refractivity contribution < 1.29 is 19.2 Å². The summed E-state index contributed by atoms with van der Waals surface area (Å²) in [5, 5.41) is 13.8. The maximum Gasteiger partial charge on any atom is 0.271 e. The first kappa shape index (κ1) is 20.5. The van der Waals surface area contributed by atoms with Crippen LogP contribution in [0.2, 0.25) is 0 Å². The number of amides is 1. The average molecular weight is 392 g/mol. The van der Waals surface area contributed by atoms with Gasteiger partial charge in [-0.05, 0) is 25.8 Å². The van der Waals surface area contributed by atoms with Gasteiger partial charge in [0, 0.05) is 51.0 Å². The lowest BCUT2D eigenvalue weighted by Gasteiger charge is -2.42. The Labute approximate surface area is 164 Å². The minimum Gasteiger partial charge on any atom is -0.495 e. The van der Waals surface area contributed by atoms with Crippen molar-refractivity contribution in [2.24, 2.45) is 0 Å². The third-order valence-electron chi connectivity index (χ3n) is 5.58. The van der Waals surface area contributed by atoms with Crippen molar-refractivity contribution in [2.75, 3.05) is 51.8 Å². The van der Waals surface area contributed by atoms with Crippen LogP contribution in [-0.2, 0) is 9.53 Å². The number of hydrogen-bond acceptors (Lipinski definition) is 7. The lowest BCUT2D eigenvalue weighted by Crippen LogP contribution is -2.56. The second-order valence-electron chi connectivity index (χ2n) is 7.25. The Bertz CT molecular complexity index is 700. The van der Waals surface area contributed by atoms with Gasteiger partial charge in [0.15, 0.2) is 0 Å². The van der Waals surface area contributed by atoms with E-state index in [1.807, 2.05) is 6.92 Å². The molecule has 1 amide bonds. The molecule has 0 aliphatic carbocycles. The minimum absolute atomic E-state index is 0.0907. The molecule has 2 atom stereocenters. The van der Waals surface area contributed by atoms with Gasteiger partial charge in [-0.2, -0.15) is 0 Å². The molecule has 2 unspecified atom stereocenters. The molecule has 2 heterocycles. The molecule has 2 fully saturated rings. The van der Waals surface area contributed by atoms with Crippen molar-refractivity contribution in [1.82, 2.24) is 9.80 Å². The average Bonchev–Trinajstić information content (AvgIpc) is 2.73. The van der Waals surface area contributed by atoms with Crippen molar-refractivity contribution in [3.63, 3.8) is 0 Å². The molecule has 0 bridgehead atoms. The van der Waals surface area contributed by atoms with Gasteiger partial charge in [-0.15, -0.1) is 0 Å². The summed E-state index contributed by atoms with van der Waals surface area (Å²) in [6.45, 7) is 6.93. The van der Waals surface area contributed by atoms with Gasteiger partial charge in [0.05, 0.1) is 30.4 Å². The van der Waals surface area contributed by atoms with Crippen molar-refractivity contribution in [1.29, 1.82) is 0 Å². The Kier molecular flexibility index (Phi) is 6.82. The van der Waals surface area contributed by atoms with Gasteiger partial charge in [-0.3, -0.25) is 24.7 Å². The topological polar surface area (TPSA) is 97.2 Å². The lowest BCUT2D eigenvalue weighted by atomic mass is 10.1. The molecule has 0 saturated carbocycles. The summed E-state index contributed by atoms with van der Waals surface area (Å²) in [4.78, 5) is 27.8. The second-order valence-corrected chi connectivity index (χ2v) is 7.25. The summed E-state index contributed by atoms with van der Waals surface area (Å²) >= 11 is 0. The van der Waals surface area contributed by atoms with Crippen LogP contribution in [0.15, 0.2) is 18.2 Å². The molecule has 0 spiro atoms.